The zero-order chi connectivity index (χ0) is 24.7. The van der Waals surface area contributed by atoms with E-state index in [0.29, 0.717) is 0 Å². The van der Waals surface area contributed by atoms with E-state index in [2.05, 4.69) is 11.7 Å². The second kappa shape index (κ2) is 21.8. The van der Waals surface area contributed by atoms with Gasteiger partial charge in [0.2, 0.25) is 0 Å². The van der Waals surface area contributed by atoms with Crippen LogP contribution in [0.2, 0.25) is 0 Å². The lowest BCUT2D eigenvalue weighted by atomic mass is 10.0. The van der Waals surface area contributed by atoms with Crippen LogP contribution in [-0.2, 0) is 11.2 Å². The number of aromatic hydroxyl groups is 1. The smallest absolute Gasteiger partial charge is 0.504 e. The molecule has 0 amide bonds. The molecule has 0 aromatic heterocycles. The monoisotopic (exact) mass is 478 g/mol. The number of unbranched alkanes of at least 4 members (excludes halogenated alkanes) is 16. The maximum absolute atomic E-state index is 10.6. The van der Waals surface area contributed by atoms with Gasteiger partial charge in [-0.15, -0.1) is 0 Å². The number of carboxylic acid groups (broad SMARTS) is 1. The summed E-state index contributed by atoms with van der Waals surface area (Å²) in [5.41, 5.74) is 0.752. The summed E-state index contributed by atoms with van der Waals surface area (Å²) in [6.07, 6.45) is 22.5. The minimum atomic E-state index is -1.41. The standard InChI is InChI=1S/C29H50O5/c1-2-3-4-5-12-15-18-24-33-25-19-16-13-10-8-6-7-9-11-14-17-21-26-22-20-23-27(28(26)30)34-29(31)32/h20,22-23,30H,2-19,21,24-25H2,1H3,(H,31,32). The molecule has 0 heterocycles. The molecule has 0 aliphatic heterocycles. The van der Waals surface area contributed by atoms with Gasteiger partial charge in [0.1, 0.15) is 0 Å². The highest BCUT2D eigenvalue weighted by Gasteiger charge is 2.10. The van der Waals surface area contributed by atoms with E-state index in [9.17, 15) is 9.90 Å². The summed E-state index contributed by atoms with van der Waals surface area (Å²) in [4.78, 5) is 10.6. The van der Waals surface area contributed by atoms with Crippen molar-refractivity contribution in [2.45, 2.75) is 129 Å². The Bertz CT molecular complexity index is 617. The van der Waals surface area contributed by atoms with Crippen molar-refractivity contribution >= 4 is 6.16 Å². The average molecular weight is 479 g/mol. The van der Waals surface area contributed by atoms with Crippen molar-refractivity contribution < 1.29 is 24.5 Å². The van der Waals surface area contributed by atoms with E-state index in [1.165, 1.54) is 109 Å². The molecule has 0 saturated carbocycles. The van der Waals surface area contributed by atoms with Crippen molar-refractivity contribution in [3.05, 3.63) is 23.8 Å². The third-order valence-corrected chi connectivity index (χ3v) is 6.41. The molecule has 2 N–H and O–H groups in total. The predicted octanol–water partition coefficient (Wildman–Crippen LogP) is 9.05. The Morgan fingerprint density at radius 2 is 1.18 bits per heavy atom. The lowest BCUT2D eigenvalue weighted by Gasteiger charge is -2.08. The number of phenols is 1. The Kier molecular flexibility index (Phi) is 19.4. The van der Waals surface area contributed by atoms with E-state index < -0.39 is 6.16 Å². The molecule has 0 atom stereocenters. The highest BCUT2D eigenvalue weighted by molar-refractivity contribution is 5.63. The molecule has 1 aromatic carbocycles. The summed E-state index contributed by atoms with van der Waals surface area (Å²) in [6, 6.07) is 5.02. The second-order valence-electron chi connectivity index (χ2n) is 9.50. The van der Waals surface area contributed by atoms with Gasteiger partial charge in [0.05, 0.1) is 0 Å². The molecule has 0 spiro atoms. The Morgan fingerprint density at radius 3 is 1.68 bits per heavy atom. The van der Waals surface area contributed by atoms with E-state index in [4.69, 9.17) is 9.84 Å². The highest BCUT2D eigenvalue weighted by atomic mass is 16.7. The Balaban J connectivity index is 1.82. The Labute approximate surface area is 208 Å². The van der Waals surface area contributed by atoms with E-state index in [-0.39, 0.29) is 11.5 Å². The minimum absolute atomic E-state index is 0.0148. The Morgan fingerprint density at radius 1 is 0.706 bits per heavy atom. The van der Waals surface area contributed by atoms with E-state index in [0.717, 1.165) is 38.0 Å². The van der Waals surface area contributed by atoms with Crippen LogP contribution in [0, 0.1) is 0 Å². The van der Waals surface area contributed by atoms with Gasteiger partial charge in [-0.05, 0) is 37.3 Å². The van der Waals surface area contributed by atoms with Gasteiger partial charge >= 0.3 is 6.16 Å². The molecule has 0 radical (unpaired) electrons. The summed E-state index contributed by atoms with van der Waals surface area (Å²) in [5, 5.41) is 18.8. The van der Waals surface area contributed by atoms with Gasteiger partial charge in [-0.1, -0.05) is 115 Å². The molecule has 0 saturated heterocycles. The van der Waals surface area contributed by atoms with Crippen molar-refractivity contribution in [1.29, 1.82) is 0 Å². The molecule has 5 heteroatoms. The largest absolute Gasteiger partial charge is 0.511 e. The third kappa shape index (κ3) is 16.8. The molecule has 1 aromatic rings. The number of phenolic OH excluding ortho intramolecular Hbond substituents is 1. The van der Waals surface area contributed by atoms with Gasteiger partial charge in [0, 0.05) is 13.2 Å². The highest BCUT2D eigenvalue weighted by Crippen LogP contribution is 2.31. The zero-order valence-corrected chi connectivity index (χ0v) is 21.7. The van der Waals surface area contributed by atoms with Crippen molar-refractivity contribution in [3.63, 3.8) is 0 Å². The quantitative estimate of drug-likeness (QED) is 0.0932. The van der Waals surface area contributed by atoms with Crippen molar-refractivity contribution in [3.8, 4) is 11.5 Å². The summed E-state index contributed by atoms with van der Waals surface area (Å²) >= 11 is 0. The van der Waals surface area contributed by atoms with Gasteiger partial charge in [-0.3, -0.25) is 0 Å². The van der Waals surface area contributed by atoms with Crippen LogP contribution in [0.25, 0.3) is 0 Å². The molecule has 1 rings (SSSR count). The predicted molar refractivity (Wildman–Crippen MR) is 140 cm³/mol. The SMILES string of the molecule is CCCCCCCCCOCCCCCCCCCCCCCc1cccc(OC(=O)O)c1O. The average Bonchev–Trinajstić information content (AvgIpc) is 2.82. The van der Waals surface area contributed by atoms with Gasteiger partial charge < -0.3 is 19.7 Å². The fourth-order valence-electron chi connectivity index (χ4n) is 4.32. The zero-order valence-electron chi connectivity index (χ0n) is 21.7. The van der Waals surface area contributed by atoms with Gasteiger partial charge in [0.25, 0.3) is 0 Å². The molecule has 5 nitrogen and oxygen atoms in total. The molecule has 34 heavy (non-hydrogen) atoms. The number of aryl methyl sites for hydroxylation is 1. The maximum Gasteiger partial charge on any atom is 0.511 e. The lowest BCUT2D eigenvalue weighted by molar-refractivity contribution is 0.125. The summed E-state index contributed by atoms with van der Waals surface area (Å²) in [6.45, 7) is 4.14. The van der Waals surface area contributed by atoms with Crippen LogP contribution in [0.5, 0.6) is 11.5 Å². The first-order valence-corrected chi connectivity index (χ1v) is 13.9. The first-order valence-electron chi connectivity index (χ1n) is 13.9. The third-order valence-electron chi connectivity index (χ3n) is 6.41. The van der Waals surface area contributed by atoms with E-state index >= 15 is 0 Å². The van der Waals surface area contributed by atoms with Crippen LogP contribution in [0.15, 0.2) is 18.2 Å². The molecule has 0 aliphatic carbocycles. The first kappa shape index (κ1) is 30.3. The molecule has 196 valence electrons. The molecule has 0 aliphatic rings. The minimum Gasteiger partial charge on any atom is -0.504 e. The van der Waals surface area contributed by atoms with Gasteiger partial charge in [0.15, 0.2) is 11.5 Å². The van der Waals surface area contributed by atoms with Crippen molar-refractivity contribution in [2.75, 3.05) is 13.2 Å². The molecular weight excluding hydrogens is 428 g/mol. The topological polar surface area (TPSA) is 76.0 Å². The second-order valence-corrected chi connectivity index (χ2v) is 9.50. The van der Waals surface area contributed by atoms with Crippen LogP contribution >= 0.6 is 0 Å². The molecule has 0 bridgehead atoms. The van der Waals surface area contributed by atoms with Crippen LogP contribution in [0.1, 0.15) is 128 Å². The number of benzene rings is 1. The van der Waals surface area contributed by atoms with Crippen molar-refractivity contribution in [1.82, 2.24) is 0 Å². The van der Waals surface area contributed by atoms with Gasteiger partial charge in [-0.25, -0.2) is 4.79 Å². The number of hydrogen-bond donors (Lipinski definition) is 2. The lowest BCUT2D eigenvalue weighted by Crippen LogP contribution is -2.03. The number of para-hydroxylation sites is 1. The first-order chi connectivity index (χ1) is 16.6. The number of ether oxygens (including phenoxy) is 2. The molecular formula is C29H50O5. The normalized spacial score (nSPS) is 11.1. The van der Waals surface area contributed by atoms with Crippen LogP contribution < -0.4 is 4.74 Å². The summed E-state index contributed by atoms with van der Waals surface area (Å²) in [5.74, 6) is -0.0364. The van der Waals surface area contributed by atoms with E-state index in [1.807, 2.05) is 6.07 Å². The maximum atomic E-state index is 10.6. The number of hydrogen-bond acceptors (Lipinski definition) is 4. The summed E-state index contributed by atoms with van der Waals surface area (Å²) < 4.78 is 10.4. The van der Waals surface area contributed by atoms with Crippen molar-refractivity contribution in [2.24, 2.45) is 0 Å². The fraction of sp³-hybridized carbons (Fsp3) is 0.759. The number of rotatable bonds is 23. The van der Waals surface area contributed by atoms with Crippen LogP contribution in [-0.4, -0.2) is 29.6 Å². The summed E-state index contributed by atoms with van der Waals surface area (Å²) in [7, 11) is 0. The fourth-order valence-corrected chi connectivity index (χ4v) is 4.32. The van der Waals surface area contributed by atoms with Crippen LogP contribution in [0.3, 0.4) is 0 Å². The molecule has 0 fully saturated rings. The van der Waals surface area contributed by atoms with E-state index in [1.54, 1.807) is 6.07 Å². The van der Waals surface area contributed by atoms with Crippen LogP contribution in [0.4, 0.5) is 4.79 Å². The Hall–Kier alpha value is -1.75. The number of carbonyl (C=O) groups is 1. The molecule has 0 unspecified atom stereocenters. The van der Waals surface area contributed by atoms with Gasteiger partial charge in [-0.2, -0.15) is 0 Å².